The van der Waals surface area contributed by atoms with Crippen LogP contribution in [0.2, 0.25) is 0 Å². The average Bonchev–Trinajstić information content (AvgIpc) is 2.50. The minimum absolute atomic E-state index is 0.222. The molecule has 1 saturated heterocycles. The van der Waals surface area contributed by atoms with Crippen molar-refractivity contribution in [2.45, 2.75) is 19.8 Å². The van der Waals surface area contributed by atoms with Crippen LogP contribution in [0.4, 0.5) is 5.69 Å². The molecular formula is C17H27N3O. The van der Waals surface area contributed by atoms with Gasteiger partial charge in [-0.25, -0.2) is 0 Å². The van der Waals surface area contributed by atoms with E-state index in [4.69, 9.17) is 0 Å². The van der Waals surface area contributed by atoms with E-state index in [2.05, 4.69) is 29.1 Å². The van der Waals surface area contributed by atoms with Gasteiger partial charge in [-0.05, 0) is 37.7 Å². The summed E-state index contributed by atoms with van der Waals surface area (Å²) in [5.41, 5.74) is 1.91. The lowest BCUT2D eigenvalue weighted by molar-refractivity contribution is 0.0876. The molecule has 0 aliphatic carbocycles. The minimum Gasteiger partial charge on any atom is -0.385 e. The number of hydrogen-bond acceptors (Lipinski definition) is 4. The normalized spacial score (nSPS) is 16.9. The van der Waals surface area contributed by atoms with Gasteiger partial charge in [0.05, 0.1) is 6.54 Å². The van der Waals surface area contributed by atoms with Crippen LogP contribution in [0.3, 0.4) is 0 Å². The maximum absolute atomic E-state index is 12.3. The number of carbonyl (C=O) groups excluding carboxylic acids is 1. The third kappa shape index (κ3) is 5.14. The number of hydrogen-bond donors (Lipinski definition) is 1. The second-order valence-electron chi connectivity index (χ2n) is 5.86. The first-order valence-electron chi connectivity index (χ1n) is 7.97. The van der Waals surface area contributed by atoms with Gasteiger partial charge < -0.3 is 10.2 Å². The fourth-order valence-corrected chi connectivity index (χ4v) is 2.48. The van der Waals surface area contributed by atoms with Gasteiger partial charge in [0.2, 0.25) is 0 Å². The molecule has 1 aromatic rings. The summed E-state index contributed by atoms with van der Waals surface area (Å²) in [6.45, 7) is 7.78. The zero-order chi connectivity index (χ0) is 15.1. The van der Waals surface area contributed by atoms with Crippen LogP contribution in [0.5, 0.6) is 0 Å². The lowest BCUT2D eigenvalue weighted by Crippen LogP contribution is -2.46. The van der Waals surface area contributed by atoms with Crippen molar-refractivity contribution in [3.05, 3.63) is 29.8 Å². The van der Waals surface area contributed by atoms with E-state index < -0.39 is 0 Å². The maximum Gasteiger partial charge on any atom is 0.176 e. The summed E-state index contributed by atoms with van der Waals surface area (Å²) in [5, 5.41) is 3.37. The molecule has 0 amide bonds. The quantitative estimate of drug-likeness (QED) is 0.617. The molecule has 4 nitrogen and oxygen atoms in total. The number of piperazine rings is 1. The Balaban J connectivity index is 1.82. The summed E-state index contributed by atoms with van der Waals surface area (Å²) in [6.07, 6.45) is 2.36. The third-order valence-corrected chi connectivity index (χ3v) is 4.03. The maximum atomic E-state index is 12.3. The predicted molar refractivity (Wildman–Crippen MR) is 88.1 cm³/mol. The van der Waals surface area contributed by atoms with Gasteiger partial charge in [0.25, 0.3) is 0 Å². The van der Waals surface area contributed by atoms with Crippen LogP contribution in [0.25, 0.3) is 0 Å². The van der Waals surface area contributed by atoms with E-state index in [0.717, 1.165) is 44.0 Å². The summed E-state index contributed by atoms with van der Waals surface area (Å²) in [7, 11) is 2.13. The molecule has 1 aromatic carbocycles. The Bertz CT molecular complexity index is 436. The molecule has 1 fully saturated rings. The van der Waals surface area contributed by atoms with E-state index >= 15 is 0 Å². The van der Waals surface area contributed by atoms with E-state index in [0.29, 0.717) is 6.54 Å². The molecule has 0 aromatic heterocycles. The van der Waals surface area contributed by atoms with Crippen molar-refractivity contribution in [2.24, 2.45) is 0 Å². The number of nitrogens with zero attached hydrogens (tertiary/aromatic N) is 2. The standard InChI is InChI=1S/C17H27N3O/c1-3-4-9-18-16-7-5-15(6-8-16)17(21)14-20-12-10-19(2)11-13-20/h5-8,18H,3-4,9-14H2,1-2H3. The number of carbonyl (C=O) groups is 1. The topological polar surface area (TPSA) is 35.6 Å². The average molecular weight is 289 g/mol. The van der Waals surface area contributed by atoms with E-state index in [1.54, 1.807) is 0 Å². The molecule has 0 saturated carbocycles. The Morgan fingerprint density at radius 2 is 1.81 bits per heavy atom. The van der Waals surface area contributed by atoms with Crippen molar-refractivity contribution < 1.29 is 4.79 Å². The van der Waals surface area contributed by atoms with Gasteiger partial charge in [0.1, 0.15) is 0 Å². The molecule has 0 spiro atoms. The number of ketones is 1. The van der Waals surface area contributed by atoms with Gasteiger partial charge in [-0.1, -0.05) is 13.3 Å². The van der Waals surface area contributed by atoms with E-state index in [1.807, 2.05) is 24.3 Å². The van der Waals surface area contributed by atoms with Crippen molar-refractivity contribution >= 4 is 11.5 Å². The highest BCUT2D eigenvalue weighted by molar-refractivity contribution is 5.97. The lowest BCUT2D eigenvalue weighted by atomic mass is 10.1. The van der Waals surface area contributed by atoms with Crippen LogP contribution in [0.1, 0.15) is 30.1 Å². The number of likely N-dealkylation sites (N-methyl/N-ethyl adjacent to an activating group) is 1. The van der Waals surface area contributed by atoms with Crippen molar-refractivity contribution in [1.82, 2.24) is 9.80 Å². The minimum atomic E-state index is 0.222. The van der Waals surface area contributed by atoms with Crippen LogP contribution in [0, 0.1) is 0 Å². The van der Waals surface area contributed by atoms with E-state index in [-0.39, 0.29) is 5.78 Å². The molecule has 0 atom stereocenters. The molecule has 0 bridgehead atoms. The molecule has 4 heteroatoms. The molecule has 116 valence electrons. The smallest absolute Gasteiger partial charge is 0.176 e. The SMILES string of the molecule is CCCCNc1ccc(C(=O)CN2CCN(C)CC2)cc1. The first-order valence-corrected chi connectivity index (χ1v) is 7.97. The fraction of sp³-hybridized carbons (Fsp3) is 0.588. The Morgan fingerprint density at radius 1 is 1.14 bits per heavy atom. The van der Waals surface area contributed by atoms with E-state index in [9.17, 15) is 4.79 Å². The van der Waals surface area contributed by atoms with Gasteiger partial charge in [-0.2, -0.15) is 0 Å². The van der Waals surface area contributed by atoms with Crippen molar-refractivity contribution in [3.63, 3.8) is 0 Å². The Morgan fingerprint density at radius 3 is 2.43 bits per heavy atom. The monoisotopic (exact) mass is 289 g/mol. The Kier molecular flexibility index (Phi) is 6.21. The molecule has 21 heavy (non-hydrogen) atoms. The second kappa shape index (κ2) is 8.15. The number of unbranched alkanes of at least 4 members (excludes halogenated alkanes) is 1. The largest absolute Gasteiger partial charge is 0.385 e. The van der Waals surface area contributed by atoms with Crippen LogP contribution < -0.4 is 5.32 Å². The van der Waals surface area contributed by atoms with Crippen LogP contribution >= 0.6 is 0 Å². The zero-order valence-electron chi connectivity index (χ0n) is 13.3. The van der Waals surface area contributed by atoms with Crippen molar-refractivity contribution in [2.75, 3.05) is 51.6 Å². The number of benzene rings is 1. The van der Waals surface area contributed by atoms with Crippen LogP contribution in [-0.4, -0.2) is 61.9 Å². The highest BCUT2D eigenvalue weighted by atomic mass is 16.1. The number of anilines is 1. The van der Waals surface area contributed by atoms with E-state index in [1.165, 1.54) is 12.8 Å². The summed E-state index contributed by atoms with van der Waals surface area (Å²) < 4.78 is 0. The highest BCUT2D eigenvalue weighted by Crippen LogP contribution is 2.11. The Labute approximate surface area is 128 Å². The molecular weight excluding hydrogens is 262 g/mol. The van der Waals surface area contributed by atoms with Crippen molar-refractivity contribution in [1.29, 1.82) is 0 Å². The van der Waals surface area contributed by atoms with Gasteiger partial charge in [0, 0.05) is 44.0 Å². The number of Topliss-reactive ketones (excluding diaryl/α,β-unsaturated/α-hetero) is 1. The Hall–Kier alpha value is -1.39. The molecule has 1 N–H and O–H groups in total. The molecule has 1 heterocycles. The summed E-state index contributed by atoms with van der Waals surface area (Å²) in [6, 6.07) is 7.89. The van der Waals surface area contributed by atoms with Crippen molar-refractivity contribution in [3.8, 4) is 0 Å². The summed E-state index contributed by atoms with van der Waals surface area (Å²) in [4.78, 5) is 16.8. The zero-order valence-corrected chi connectivity index (χ0v) is 13.3. The highest BCUT2D eigenvalue weighted by Gasteiger charge is 2.17. The third-order valence-electron chi connectivity index (χ3n) is 4.03. The summed E-state index contributed by atoms with van der Waals surface area (Å²) >= 11 is 0. The molecule has 2 rings (SSSR count). The number of nitrogens with one attached hydrogen (secondary N) is 1. The van der Waals surface area contributed by atoms with Crippen LogP contribution in [0.15, 0.2) is 24.3 Å². The fourth-order valence-electron chi connectivity index (χ4n) is 2.48. The molecule has 1 aliphatic heterocycles. The molecule has 0 unspecified atom stereocenters. The summed E-state index contributed by atoms with van der Waals surface area (Å²) in [5.74, 6) is 0.222. The molecule has 0 radical (unpaired) electrons. The molecule has 1 aliphatic rings. The lowest BCUT2D eigenvalue weighted by Gasteiger charge is -2.31. The van der Waals surface area contributed by atoms with Gasteiger partial charge in [0.15, 0.2) is 5.78 Å². The van der Waals surface area contributed by atoms with Gasteiger partial charge >= 0.3 is 0 Å². The predicted octanol–water partition coefficient (Wildman–Crippen LogP) is 2.33. The van der Waals surface area contributed by atoms with Gasteiger partial charge in [-0.3, -0.25) is 9.69 Å². The second-order valence-corrected chi connectivity index (χ2v) is 5.86. The number of rotatable bonds is 7. The first-order chi connectivity index (χ1) is 10.2. The van der Waals surface area contributed by atoms with Crippen LogP contribution in [-0.2, 0) is 0 Å². The first kappa shape index (κ1) is 16.0. The van der Waals surface area contributed by atoms with Gasteiger partial charge in [-0.15, -0.1) is 0 Å².